The van der Waals surface area contributed by atoms with Gasteiger partial charge in [0, 0.05) is 6.54 Å². The highest BCUT2D eigenvalue weighted by molar-refractivity contribution is 4.89. The molecule has 58 valence electrons. The maximum atomic E-state index is 5.00. The van der Waals surface area contributed by atoms with Crippen LogP contribution in [0.25, 0.3) is 0 Å². The maximum Gasteiger partial charge on any atom is 0.140 e. The van der Waals surface area contributed by atoms with Crippen molar-refractivity contribution in [2.45, 2.75) is 20.8 Å². The van der Waals surface area contributed by atoms with Crippen LogP contribution in [0, 0.1) is 5.92 Å². The van der Waals surface area contributed by atoms with Gasteiger partial charge in [-0.25, -0.2) is 0 Å². The second-order valence-electron chi connectivity index (χ2n) is 2.98. The molecule has 0 unspecified atom stereocenters. The highest BCUT2D eigenvalue weighted by Crippen LogP contribution is 2.06. The molecule has 0 saturated carbocycles. The Hall–Kier alpha value is -0.700. The summed E-state index contributed by atoms with van der Waals surface area (Å²) in [5.41, 5.74) is 2.78. The summed E-state index contributed by atoms with van der Waals surface area (Å²) >= 11 is 0. The molecule has 10 heavy (non-hydrogen) atoms. The van der Waals surface area contributed by atoms with Crippen LogP contribution < -0.4 is 5.59 Å². The molecule has 0 aromatic rings. The van der Waals surface area contributed by atoms with Gasteiger partial charge in [-0.15, -0.1) is 0 Å². The van der Waals surface area contributed by atoms with Crippen molar-refractivity contribution in [3.8, 4) is 0 Å². The van der Waals surface area contributed by atoms with Gasteiger partial charge >= 0.3 is 0 Å². The van der Waals surface area contributed by atoms with Crippen LogP contribution in [0.4, 0.5) is 0 Å². The molecule has 0 fully saturated rings. The second-order valence-corrected chi connectivity index (χ2v) is 2.98. The molecule has 0 atom stereocenters. The number of allylic oxidation sites excluding steroid dienone is 1. The molecule has 0 saturated heterocycles. The van der Waals surface area contributed by atoms with Crippen molar-refractivity contribution in [2.24, 2.45) is 5.92 Å². The van der Waals surface area contributed by atoms with Crippen molar-refractivity contribution in [1.82, 2.24) is 10.6 Å². The molecular formula is C7H14N2O. The minimum Gasteiger partial charge on any atom is -0.392 e. The van der Waals surface area contributed by atoms with Gasteiger partial charge in [-0.05, 0) is 12.8 Å². The van der Waals surface area contributed by atoms with Crippen LogP contribution in [-0.2, 0) is 4.84 Å². The first-order valence-corrected chi connectivity index (χ1v) is 3.56. The molecule has 0 spiro atoms. The quantitative estimate of drug-likeness (QED) is 0.628. The normalized spacial score (nSPS) is 17.6. The Morgan fingerprint density at radius 1 is 1.70 bits per heavy atom. The Morgan fingerprint density at radius 3 is 2.80 bits per heavy atom. The van der Waals surface area contributed by atoms with E-state index >= 15 is 0 Å². The summed E-state index contributed by atoms with van der Waals surface area (Å²) in [7, 11) is 0. The van der Waals surface area contributed by atoms with Gasteiger partial charge in [0.15, 0.2) is 0 Å². The van der Waals surface area contributed by atoms with E-state index in [4.69, 9.17) is 4.84 Å². The van der Waals surface area contributed by atoms with E-state index in [1.165, 1.54) is 0 Å². The Kier molecular flexibility index (Phi) is 2.17. The van der Waals surface area contributed by atoms with E-state index in [1.54, 1.807) is 0 Å². The van der Waals surface area contributed by atoms with Crippen LogP contribution in [0.1, 0.15) is 20.8 Å². The summed E-state index contributed by atoms with van der Waals surface area (Å²) < 4.78 is 0. The fourth-order valence-corrected chi connectivity index (χ4v) is 0.886. The van der Waals surface area contributed by atoms with Gasteiger partial charge in [0.2, 0.25) is 0 Å². The predicted octanol–water partition coefficient (Wildman–Crippen LogP) is 1.26. The largest absolute Gasteiger partial charge is 0.392 e. The molecule has 0 aromatic carbocycles. The number of hydrogen-bond donors (Lipinski definition) is 1. The van der Waals surface area contributed by atoms with Gasteiger partial charge < -0.3 is 4.84 Å². The first-order valence-electron chi connectivity index (χ1n) is 3.56. The lowest BCUT2D eigenvalue weighted by atomic mass is 10.2. The minimum absolute atomic E-state index is 0.651. The summed E-state index contributed by atoms with van der Waals surface area (Å²) in [6.45, 7) is 7.25. The predicted molar refractivity (Wildman–Crippen MR) is 39.5 cm³/mol. The number of nitrogens with zero attached hydrogens (tertiary/aromatic N) is 1. The molecule has 0 radical (unpaired) electrons. The number of hydrogen-bond acceptors (Lipinski definition) is 3. The molecule has 1 N–H and O–H groups in total. The summed E-state index contributed by atoms with van der Waals surface area (Å²) in [6.07, 6.45) is 1.96. The Labute approximate surface area is 61.6 Å². The molecule has 0 aliphatic carbocycles. The standard InChI is InChI=1S/C7H14N2O/c1-6(2)4-9-5-7(3)10-8-9/h5-6,8H,4H2,1-3H3. The number of hydrazine groups is 1. The molecule has 0 bridgehead atoms. The second kappa shape index (κ2) is 2.92. The van der Waals surface area contributed by atoms with Crippen molar-refractivity contribution < 1.29 is 4.84 Å². The summed E-state index contributed by atoms with van der Waals surface area (Å²) in [5.74, 6) is 1.57. The van der Waals surface area contributed by atoms with E-state index in [-0.39, 0.29) is 0 Å². The Balaban J connectivity index is 2.31. The minimum atomic E-state index is 0.651. The lowest BCUT2D eigenvalue weighted by Gasteiger charge is -2.15. The van der Waals surface area contributed by atoms with Crippen LogP contribution >= 0.6 is 0 Å². The maximum absolute atomic E-state index is 5.00. The van der Waals surface area contributed by atoms with E-state index in [0.717, 1.165) is 12.3 Å². The van der Waals surface area contributed by atoms with Crippen molar-refractivity contribution in [3.05, 3.63) is 12.0 Å². The molecule has 0 amide bonds. The highest BCUT2D eigenvalue weighted by atomic mass is 16.7. The van der Waals surface area contributed by atoms with Gasteiger partial charge in [0.1, 0.15) is 5.76 Å². The number of rotatable bonds is 2. The first-order chi connectivity index (χ1) is 4.68. The Morgan fingerprint density at radius 2 is 2.40 bits per heavy atom. The lowest BCUT2D eigenvalue weighted by molar-refractivity contribution is 0.0171. The topological polar surface area (TPSA) is 24.5 Å². The van der Waals surface area contributed by atoms with Crippen LogP contribution in [0.15, 0.2) is 12.0 Å². The lowest BCUT2D eigenvalue weighted by Crippen LogP contribution is -2.30. The van der Waals surface area contributed by atoms with Crippen LogP contribution in [0.2, 0.25) is 0 Å². The molecule has 0 aromatic heterocycles. The zero-order chi connectivity index (χ0) is 7.56. The molecule has 1 aliphatic heterocycles. The number of nitrogens with one attached hydrogen (secondary N) is 1. The SMILES string of the molecule is CC1=CN(CC(C)C)NO1. The van der Waals surface area contributed by atoms with Gasteiger partial charge in [0.25, 0.3) is 0 Å². The average molecular weight is 142 g/mol. The van der Waals surface area contributed by atoms with Gasteiger partial charge in [-0.1, -0.05) is 19.4 Å². The van der Waals surface area contributed by atoms with E-state index in [2.05, 4.69) is 19.4 Å². The molecule has 3 heteroatoms. The molecule has 1 aliphatic rings. The van der Waals surface area contributed by atoms with Crippen LogP contribution in [0.5, 0.6) is 0 Å². The van der Waals surface area contributed by atoms with Gasteiger partial charge in [0.05, 0.1) is 6.20 Å². The zero-order valence-electron chi connectivity index (χ0n) is 6.72. The average Bonchev–Trinajstić information content (AvgIpc) is 2.13. The highest BCUT2D eigenvalue weighted by Gasteiger charge is 2.09. The van der Waals surface area contributed by atoms with Crippen molar-refractivity contribution >= 4 is 0 Å². The first kappa shape index (κ1) is 7.41. The van der Waals surface area contributed by atoms with E-state index in [1.807, 2.05) is 18.1 Å². The smallest absolute Gasteiger partial charge is 0.140 e. The van der Waals surface area contributed by atoms with Crippen LogP contribution in [-0.4, -0.2) is 11.6 Å². The molecule has 3 nitrogen and oxygen atoms in total. The summed E-state index contributed by atoms with van der Waals surface area (Å²) in [6, 6.07) is 0. The van der Waals surface area contributed by atoms with Gasteiger partial charge in [-0.2, -0.15) is 0 Å². The molecular weight excluding hydrogens is 128 g/mol. The van der Waals surface area contributed by atoms with Crippen molar-refractivity contribution in [1.29, 1.82) is 0 Å². The molecule has 1 heterocycles. The third kappa shape index (κ3) is 1.92. The summed E-state index contributed by atoms with van der Waals surface area (Å²) in [5, 5.41) is 1.94. The third-order valence-electron chi connectivity index (χ3n) is 1.22. The fraction of sp³-hybridized carbons (Fsp3) is 0.714. The zero-order valence-corrected chi connectivity index (χ0v) is 6.72. The van der Waals surface area contributed by atoms with Crippen molar-refractivity contribution in [2.75, 3.05) is 6.54 Å². The van der Waals surface area contributed by atoms with Gasteiger partial charge in [-0.3, -0.25) is 5.01 Å². The van der Waals surface area contributed by atoms with E-state index < -0.39 is 0 Å². The molecule has 1 rings (SSSR count). The monoisotopic (exact) mass is 142 g/mol. The summed E-state index contributed by atoms with van der Waals surface area (Å²) in [4.78, 5) is 5.00. The Bertz CT molecular complexity index is 143. The van der Waals surface area contributed by atoms with E-state index in [0.29, 0.717) is 5.92 Å². The fourth-order valence-electron chi connectivity index (χ4n) is 0.886. The third-order valence-corrected chi connectivity index (χ3v) is 1.22. The van der Waals surface area contributed by atoms with E-state index in [9.17, 15) is 0 Å². The van der Waals surface area contributed by atoms with Crippen molar-refractivity contribution in [3.63, 3.8) is 0 Å². The van der Waals surface area contributed by atoms with Crippen LogP contribution in [0.3, 0.4) is 0 Å².